The van der Waals surface area contributed by atoms with Gasteiger partial charge in [-0.15, -0.1) is 0 Å². The number of halogens is 1. The Bertz CT molecular complexity index is 372. The Hall–Kier alpha value is -0.580. The summed E-state index contributed by atoms with van der Waals surface area (Å²) in [4.78, 5) is 0. The molecule has 1 N–H and O–H groups in total. The summed E-state index contributed by atoms with van der Waals surface area (Å²) < 4.78 is 7.50. The lowest BCUT2D eigenvalue weighted by molar-refractivity contribution is 0.110. The zero-order valence-electron chi connectivity index (χ0n) is 10.5. The SMILES string of the molecule is Cc1nn(CCNCC2CCCO2)c(C)c1Cl. The molecule has 2 rings (SSSR count). The fourth-order valence-electron chi connectivity index (χ4n) is 2.15. The van der Waals surface area contributed by atoms with Crippen molar-refractivity contribution in [1.29, 1.82) is 0 Å². The average molecular weight is 258 g/mol. The van der Waals surface area contributed by atoms with Gasteiger partial charge in [-0.25, -0.2) is 0 Å². The topological polar surface area (TPSA) is 39.1 Å². The summed E-state index contributed by atoms with van der Waals surface area (Å²) in [7, 11) is 0. The van der Waals surface area contributed by atoms with Crippen LogP contribution in [0.3, 0.4) is 0 Å². The van der Waals surface area contributed by atoms with Crippen molar-refractivity contribution in [3.8, 4) is 0 Å². The van der Waals surface area contributed by atoms with Gasteiger partial charge in [0.15, 0.2) is 0 Å². The third-order valence-electron chi connectivity index (χ3n) is 3.19. The minimum Gasteiger partial charge on any atom is -0.377 e. The Morgan fingerprint density at radius 3 is 2.94 bits per heavy atom. The molecule has 0 bridgehead atoms. The maximum absolute atomic E-state index is 6.09. The van der Waals surface area contributed by atoms with E-state index >= 15 is 0 Å². The number of hydrogen-bond donors (Lipinski definition) is 1. The Labute approximate surface area is 107 Å². The maximum atomic E-state index is 6.09. The summed E-state index contributed by atoms with van der Waals surface area (Å²) >= 11 is 6.09. The summed E-state index contributed by atoms with van der Waals surface area (Å²) in [6, 6.07) is 0. The molecule has 0 aromatic carbocycles. The minimum atomic E-state index is 0.402. The van der Waals surface area contributed by atoms with Crippen LogP contribution in [0, 0.1) is 13.8 Å². The van der Waals surface area contributed by atoms with Gasteiger partial charge in [-0.3, -0.25) is 4.68 Å². The van der Waals surface area contributed by atoms with Crippen molar-refractivity contribution in [3.63, 3.8) is 0 Å². The molecule has 1 atom stereocenters. The van der Waals surface area contributed by atoms with Crippen LogP contribution in [0.2, 0.25) is 5.02 Å². The number of aromatic nitrogens is 2. The van der Waals surface area contributed by atoms with Crippen LogP contribution in [-0.4, -0.2) is 35.6 Å². The molecule has 1 aromatic rings. The molecule has 1 aliphatic rings. The molecule has 4 nitrogen and oxygen atoms in total. The quantitative estimate of drug-likeness (QED) is 0.820. The van der Waals surface area contributed by atoms with E-state index in [0.29, 0.717) is 6.10 Å². The van der Waals surface area contributed by atoms with Crippen LogP contribution >= 0.6 is 11.6 Å². The second-order valence-electron chi connectivity index (χ2n) is 4.55. The molecule has 0 spiro atoms. The monoisotopic (exact) mass is 257 g/mol. The Morgan fingerprint density at radius 2 is 2.35 bits per heavy atom. The van der Waals surface area contributed by atoms with Crippen LogP contribution in [-0.2, 0) is 11.3 Å². The van der Waals surface area contributed by atoms with Gasteiger partial charge < -0.3 is 10.1 Å². The van der Waals surface area contributed by atoms with Crippen LogP contribution in [0.5, 0.6) is 0 Å². The molecule has 1 fully saturated rings. The van der Waals surface area contributed by atoms with E-state index in [-0.39, 0.29) is 0 Å². The zero-order valence-corrected chi connectivity index (χ0v) is 11.3. The third kappa shape index (κ3) is 3.21. The number of rotatable bonds is 5. The summed E-state index contributed by atoms with van der Waals surface area (Å²) in [6.07, 6.45) is 2.78. The predicted molar refractivity (Wildman–Crippen MR) is 68.6 cm³/mol. The highest BCUT2D eigenvalue weighted by molar-refractivity contribution is 6.31. The van der Waals surface area contributed by atoms with Crippen LogP contribution < -0.4 is 5.32 Å². The van der Waals surface area contributed by atoms with Crippen LogP contribution in [0.4, 0.5) is 0 Å². The third-order valence-corrected chi connectivity index (χ3v) is 3.74. The normalized spacial score (nSPS) is 20.1. The average Bonchev–Trinajstić information content (AvgIpc) is 2.90. The summed E-state index contributed by atoms with van der Waals surface area (Å²) in [5, 5.41) is 8.58. The van der Waals surface area contributed by atoms with E-state index < -0.39 is 0 Å². The van der Waals surface area contributed by atoms with E-state index in [1.807, 2.05) is 18.5 Å². The lowest BCUT2D eigenvalue weighted by Gasteiger charge is -2.11. The molecule has 0 saturated carbocycles. The maximum Gasteiger partial charge on any atom is 0.0844 e. The first-order valence-corrected chi connectivity index (χ1v) is 6.58. The number of ether oxygens (including phenoxy) is 1. The lowest BCUT2D eigenvalue weighted by Crippen LogP contribution is -2.29. The van der Waals surface area contributed by atoms with Crippen molar-refractivity contribution < 1.29 is 4.74 Å². The molecule has 1 aliphatic heterocycles. The van der Waals surface area contributed by atoms with Crippen LogP contribution in [0.1, 0.15) is 24.2 Å². The Kier molecular flexibility index (Phi) is 4.42. The van der Waals surface area contributed by atoms with Gasteiger partial charge in [0.1, 0.15) is 0 Å². The van der Waals surface area contributed by atoms with E-state index in [0.717, 1.165) is 42.7 Å². The van der Waals surface area contributed by atoms with E-state index in [1.54, 1.807) is 0 Å². The molecular weight excluding hydrogens is 238 g/mol. The van der Waals surface area contributed by atoms with Crippen LogP contribution in [0.25, 0.3) is 0 Å². The molecule has 96 valence electrons. The van der Waals surface area contributed by atoms with Crippen molar-refractivity contribution in [3.05, 3.63) is 16.4 Å². The van der Waals surface area contributed by atoms with Crippen molar-refractivity contribution in [2.75, 3.05) is 19.7 Å². The molecular formula is C12H20ClN3O. The van der Waals surface area contributed by atoms with Crippen molar-refractivity contribution in [2.45, 2.75) is 39.3 Å². The molecule has 1 aromatic heterocycles. The summed E-state index contributed by atoms with van der Waals surface area (Å²) in [6.45, 7) is 7.55. The van der Waals surface area contributed by atoms with Crippen molar-refractivity contribution in [1.82, 2.24) is 15.1 Å². The van der Waals surface area contributed by atoms with Gasteiger partial charge in [0.2, 0.25) is 0 Å². The molecule has 0 amide bonds. The van der Waals surface area contributed by atoms with E-state index in [9.17, 15) is 0 Å². The van der Waals surface area contributed by atoms with Gasteiger partial charge in [0, 0.05) is 19.7 Å². The fourth-order valence-corrected chi connectivity index (χ4v) is 2.28. The molecule has 1 unspecified atom stereocenters. The van der Waals surface area contributed by atoms with E-state index in [2.05, 4.69) is 10.4 Å². The first kappa shape index (κ1) is 12.9. The largest absolute Gasteiger partial charge is 0.377 e. The number of aryl methyl sites for hydroxylation is 1. The molecule has 1 saturated heterocycles. The number of hydrogen-bond acceptors (Lipinski definition) is 3. The first-order chi connectivity index (χ1) is 8.18. The molecule has 0 radical (unpaired) electrons. The van der Waals surface area contributed by atoms with Gasteiger partial charge in [-0.05, 0) is 26.7 Å². The number of nitrogens with zero attached hydrogens (tertiary/aromatic N) is 2. The second-order valence-corrected chi connectivity index (χ2v) is 4.93. The highest BCUT2D eigenvalue weighted by Crippen LogP contribution is 2.18. The first-order valence-electron chi connectivity index (χ1n) is 6.20. The molecule has 5 heteroatoms. The van der Waals surface area contributed by atoms with Gasteiger partial charge in [0.25, 0.3) is 0 Å². The van der Waals surface area contributed by atoms with Gasteiger partial charge >= 0.3 is 0 Å². The Balaban J connectivity index is 1.72. The summed E-state index contributed by atoms with van der Waals surface area (Å²) in [5.41, 5.74) is 1.95. The predicted octanol–water partition coefficient (Wildman–Crippen LogP) is 1.92. The van der Waals surface area contributed by atoms with E-state index in [1.165, 1.54) is 12.8 Å². The smallest absolute Gasteiger partial charge is 0.0844 e. The molecule has 2 heterocycles. The van der Waals surface area contributed by atoms with Crippen molar-refractivity contribution in [2.24, 2.45) is 0 Å². The minimum absolute atomic E-state index is 0.402. The zero-order chi connectivity index (χ0) is 12.3. The van der Waals surface area contributed by atoms with Gasteiger partial charge in [0.05, 0.1) is 29.1 Å². The van der Waals surface area contributed by atoms with Crippen LogP contribution in [0.15, 0.2) is 0 Å². The van der Waals surface area contributed by atoms with Gasteiger partial charge in [-0.2, -0.15) is 5.10 Å². The molecule has 17 heavy (non-hydrogen) atoms. The van der Waals surface area contributed by atoms with Crippen molar-refractivity contribution >= 4 is 11.6 Å². The lowest BCUT2D eigenvalue weighted by atomic mass is 10.2. The highest BCUT2D eigenvalue weighted by Gasteiger charge is 2.14. The number of nitrogens with one attached hydrogen (secondary N) is 1. The standard InChI is InChI=1S/C12H20ClN3O/c1-9-12(13)10(2)16(15-9)6-5-14-8-11-4-3-7-17-11/h11,14H,3-8H2,1-2H3. The summed E-state index contributed by atoms with van der Waals surface area (Å²) in [5.74, 6) is 0. The van der Waals surface area contributed by atoms with Gasteiger partial charge in [-0.1, -0.05) is 11.6 Å². The Morgan fingerprint density at radius 1 is 1.53 bits per heavy atom. The fraction of sp³-hybridized carbons (Fsp3) is 0.750. The molecule has 0 aliphatic carbocycles. The second kappa shape index (κ2) is 5.85. The highest BCUT2D eigenvalue weighted by atomic mass is 35.5. The van der Waals surface area contributed by atoms with E-state index in [4.69, 9.17) is 16.3 Å².